The Balaban J connectivity index is 1.25. The second-order valence-corrected chi connectivity index (χ2v) is 11.1. The average Bonchev–Trinajstić information content (AvgIpc) is 3.64. The molecule has 3 nitrogen and oxygen atoms in total. The van der Waals surface area contributed by atoms with E-state index in [1.54, 1.807) is 0 Å². The number of fused-ring (bicyclic) bond motifs is 6. The van der Waals surface area contributed by atoms with Crippen LogP contribution in [0.5, 0.6) is 0 Å². The Labute approximate surface area is 256 Å². The summed E-state index contributed by atoms with van der Waals surface area (Å²) in [6.07, 6.45) is 0. The van der Waals surface area contributed by atoms with Gasteiger partial charge in [-0.25, -0.2) is 9.97 Å². The molecule has 8 aromatic rings. The molecule has 0 saturated carbocycles. The first-order chi connectivity index (χ1) is 21.8. The molecule has 1 radical (unpaired) electrons. The van der Waals surface area contributed by atoms with Gasteiger partial charge in [0.15, 0.2) is 7.28 Å². The van der Waals surface area contributed by atoms with E-state index in [1.165, 1.54) is 33.2 Å². The van der Waals surface area contributed by atoms with Crippen LogP contribution >= 0.6 is 0 Å². The van der Waals surface area contributed by atoms with E-state index in [4.69, 9.17) is 9.97 Å². The van der Waals surface area contributed by atoms with Crippen molar-refractivity contribution in [2.45, 2.75) is 0 Å². The lowest BCUT2D eigenvalue weighted by Crippen LogP contribution is -2.20. The highest BCUT2D eigenvalue weighted by Gasteiger charge is 2.21. The van der Waals surface area contributed by atoms with E-state index in [-0.39, 0.29) is 0 Å². The molecule has 1 aliphatic heterocycles. The highest BCUT2D eigenvalue weighted by Crippen LogP contribution is 2.36. The molecule has 2 aromatic heterocycles. The maximum atomic E-state index is 5.14. The number of rotatable bonds is 4. The molecule has 44 heavy (non-hydrogen) atoms. The van der Waals surface area contributed by atoms with Crippen LogP contribution in [0, 0.1) is 12.1 Å². The summed E-state index contributed by atoms with van der Waals surface area (Å²) in [6.45, 7) is 0. The molecule has 201 valence electrons. The monoisotopic (exact) mass is 556 g/mol. The van der Waals surface area contributed by atoms with Gasteiger partial charge in [-0.3, -0.25) is 4.57 Å². The SMILES string of the molecule is [B]1c2ccccc2-c2cc(-c3ccc4c(c3)c3cc#ccc3n4-c3nc(-c4ccccc4)cc(-c4ccccc4)n3)ccc21. The first kappa shape index (κ1) is 24.7. The van der Waals surface area contributed by atoms with E-state index in [9.17, 15) is 0 Å². The van der Waals surface area contributed by atoms with Crippen LogP contribution in [0.4, 0.5) is 0 Å². The second kappa shape index (κ2) is 9.83. The minimum atomic E-state index is 0.627. The molecule has 1 aliphatic rings. The van der Waals surface area contributed by atoms with E-state index in [0.717, 1.165) is 44.3 Å². The average molecular weight is 556 g/mol. The van der Waals surface area contributed by atoms with Gasteiger partial charge in [0.25, 0.3) is 0 Å². The van der Waals surface area contributed by atoms with E-state index in [1.807, 2.05) is 48.5 Å². The first-order valence-corrected chi connectivity index (χ1v) is 14.7. The summed E-state index contributed by atoms with van der Waals surface area (Å²) in [6, 6.07) is 55.1. The predicted molar refractivity (Wildman–Crippen MR) is 181 cm³/mol. The third kappa shape index (κ3) is 3.95. The molecule has 3 heterocycles. The molecule has 0 atom stereocenters. The van der Waals surface area contributed by atoms with Crippen molar-refractivity contribution < 1.29 is 0 Å². The van der Waals surface area contributed by atoms with Crippen LogP contribution in [0.3, 0.4) is 0 Å². The summed E-state index contributed by atoms with van der Waals surface area (Å²) < 4.78 is 2.16. The Morgan fingerprint density at radius 1 is 0.477 bits per heavy atom. The van der Waals surface area contributed by atoms with Crippen molar-refractivity contribution in [1.82, 2.24) is 14.5 Å². The molecule has 0 N–H and O–H groups in total. The van der Waals surface area contributed by atoms with Gasteiger partial charge in [0.05, 0.1) is 22.4 Å². The second-order valence-electron chi connectivity index (χ2n) is 11.1. The molecule has 0 saturated heterocycles. The molecule has 0 aliphatic carbocycles. The Hall–Kier alpha value is -5.92. The number of aromatic nitrogens is 3. The molecule has 0 unspecified atom stereocenters. The number of benzene rings is 5. The van der Waals surface area contributed by atoms with Gasteiger partial charge >= 0.3 is 0 Å². The molecule has 0 bridgehead atoms. The van der Waals surface area contributed by atoms with Crippen LogP contribution in [0.25, 0.3) is 72.5 Å². The van der Waals surface area contributed by atoms with Crippen LogP contribution in [0.2, 0.25) is 0 Å². The van der Waals surface area contributed by atoms with E-state index in [0.29, 0.717) is 5.95 Å². The highest BCUT2D eigenvalue weighted by atomic mass is 15.2. The molecule has 0 fully saturated rings. The maximum absolute atomic E-state index is 5.14. The Morgan fingerprint density at radius 3 is 1.89 bits per heavy atom. The summed E-state index contributed by atoms with van der Waals surface area (Å²) in [5.74, 6) is 0.627. The fraction of sp³-hybridized carbons (Fsp3) is 0. The molecular formula is C40H23BN3. The first-order valence-electron chi connectivity index (χ1n) is 14.7. The minimum Gasteiger partial charge on any atom is -0.277 e. The minimum absolute atomic E-state index is 0.627. The molecule has 4 heteroatoms. The zero-order valence-corrected chi connectivity index (χ0v) is 23.7. The Kier molecular flexibility index (Phi) is 5.51. The maximum Gasteiger partial charge on any atom is 0.235 e. The number of nitrogens with zero attached hydrogens (tertiary/aromatic N) is 3. The van der Waals surface area contributed by atoms with Gasteiger partial charge < -0.3 is 0 Å². The van der Waals surface area contributed by atoms with E-state index in [2.05, 4.69) is 115 Å². The molecule has 9 rings (SSSR count). The largest absolute Gasteiger partial charge is 0.277 e. The van der Waals surface area contributed by atoms with Crippen molar-refractivity contribution in [3.63, 3.8) is 0 Å². The van der Waals surface area contributed by atoms with Crippen molar-refractivity contribution in [2.75, 3.05) is 0 Å². The smallest absolute Gasteiger partial charge is 0.235 e. The molecule has 0 amide bonds. The Bertz CT molecular complexity index is 2300. The van der Waals surface area contributed by atoms with E-state index >= 15 is 0 Å². The zero-order valence-electron chi connectivity index (χ0n) is 23.7. The van der Waals surface area contributed by atoms with Crippen LogP contribution in [0.15, 0.2) is 140 Å². The van der Waals surface area contributed by atoms with E-state index < -0.39 is 0 Å². The van der Waals surface area contributed by atoms with Crippen molar-refractivity contribution in [3.05, 3.63) is 152 Å². The summed E-state index contributed by atoms with van der Waals surface area (Å²) in [5.41, 5.74) is 13.4. The third-order valence-electron chi connectivity index (χ3n) is 8.56. The summed E-state index contributed by atoms with van der Waals surface area (Å²) in [7, 11) is 2.27. The molecule has 6 aromatic carbocycles. The third-order valence-corrected chi connectivity index (χ3v) is 8.56. The Morgan fingerprint density at radius 2 is 1.11 bits per heavy atom. The topological polar surface area (TPSA) is 30.7 Å². The lowest BCUT2D eigenvalue weighted by Gasteiger charge is -2.12. The predicted octanol–water partition coefficient (Wildman–Crippen LogP) is 7.81. The lowest BCUT2D eigenvalue weighted by atomic mass is 9.68. The van der Waals surface area contributed by atoms with Gasteiger partial charge in [-0.05, 0) is 52.6 Å². The van der Waals surface area contributed by atoms with Gasteiger partial charge in [0, 0.05) is 28.0 Å². The van der Waals surface area contributed by atoms with Gasteiger partial charge in [-0.15, -0.1) is 0 Å². The van der Waals surface area contributed by atoms with Crippen LogP contribution in [-0.2, 0) is 0 Å². The van der Waals surface area contributed by atoms with Crippen molar-refractivity contribution in [1.29, 1.82) is 0 Å². The molecular weight excluding hydrogens is 533 g/mol. The van der Waals surface area contributed by atoms with Crippen LogP contribution in [-0.4, -0.2) is 21.8 Å². The summed E-state index contributed by atoms with van der Waals surface area (Å²) >= 11 is 0. The van der Waals surface area contributed by atoms with Gasteiger partial charge in [-0.2, -0.15) is 0 Å². The fourth-order valence-electron chi connectivity index (χ4n) is 6.43. The standard InChI is InChI=1S/C40H23BN3/c1-3-11-26(12-4-1)36-25-37(27-13-5-2-6-14-27)43-40(42-36)44-38-18-10-8-16-31(38)33-24-29(20-22-39(33)44)28-19-21-35-32(23-28)30-15-7-9-17-34(30)41-35/h1-7,9,11-25H. The van der Waals surface area contributed by atoms with Gasteiger partial charge in [-0.1, -0.05) is 126 Å². The normalized spacial score (nSPS) is 11.6. The fourth-order valence-corrected chi connectivity index (χ4v) is 6.43. The van der Waals surface area contributed by atoms with Crippen molar-refractivity contribution in [2.24, 2.45) is 0 Å². The summed E-state index contributed by atoms with van der Waals surface area (Å²) in [4.78, 5) is 10.3. The number of hydrogen-bond acceptors (Lipinski definition) is 2. The van der Waals surface area contributed by atoms with Crippen LogP contribution in [0.1, 0.15) is 0 Å². The number of hydrogen-bond donors (Lipinski definition) is 0. The van der Waals surface area contributed by atoms with Gasteiger partial charge in [0.2, 0.25) is 5.95 Å². The lowest BCUT2D eigenvalue weighted by molar-refractivity contribution is 0.996. The summed E-state index contributed by atoms with van der Waals surface area (Å²) in [5, 5.41) is 2.22. The van der Waals surface area contributed by atoms with Crippen molar-refractivity contribution in [3.8, 4) is 50.7 Å². The van der Waals surface area contributed by atoms with Gasteiger partial charge in [0.1, 0.15) is 0 Å². The van der Waals surface area contributed by atoms with Crippen LogP contribution < -0.4 is 10.9 Å². The van der Waals surface area contributed by atoms with Crippen molar-refractivity contribution >= 4 is 40.0 Å². The molecule has 0 spiro atoms. The zero-order chi connectivity index (χ0) is 29.0. The highest BCUT2D eigenvalue weighted by molar-refractivity contribution is 6.73. The quantitative estimate of drug-likeness (QED) is 0.207.